The molecule has 4 nitrogen and oxygen atoms in total. The van der Waals surface area contributed by atoms with Crippen LogP contribution in [0.1, 0.15) is 18.1 Å². The number of hydrazone groups is 1. The van der Waals surface area contributed by atoms with Crippen molar-refractivity contribution >= 4 is 35.3 Å². The summed E-state index contributed by atoms with van der Waals surface area (Å²) >= 11 is 12.4. The summed E-state index contributed by atoms with van der Waals surface area (Å²) < 4.78 is 5.67. The third-order valence-corrected chi connectivity index (χ3v) is 3.24. The van der Waals surface area contributed by atoms with Crippen molar-refractivity contribution in [1.82, 2.24) is 5.43 Å². The van der Waals surface area contributed by atoms with Crippen LogP contribution in [-0.2, 0) is 11.4 Å². The largest absolute Gasteiger partial charge is 0.486 e. The molecule has 0 aromatic heterocycles. The topological polar surface area (TPSA) is 50.7 Å². The summed E-state index contributed by atoms with van der Waals surface area (Å²) in [5, 5.41) is 4.53. The van der Waals surface area contributed by atoms with E-state index in [1.165, 1.54) is 13.1 Å². The van der Waals surface area contributed by atoms with Crippen LogP contribution in [0, 0.1) is 0 Å². The van der Waals surface area contributed by atoms with Gasteiger partial charge in [-0.05, 0) is 23.3 Å². The van der Waals surface area contributed by atoms with Crippen LogP contribution >= 0.6 is 23.2 Å². The maximum Gasteiger partial charge on any atom is 0.236 e. The number of carbonyl (C=O) groups is 1. The number of nitrogens with zero attached hydrogens (tertiary/aromatic N) is 1. The van der Waals surface area contributed by atoms with E-state index >= 15 is 0 Å². The van der Waals surface area contributed by atoms with Crippen LogP contribution in [0.2, 0.25) is 10.0 Å². The van der Waals surface area contributed by atoms with Gasteiger partial charge in [-0.25, -0.2) is 5.43 Å². The number of hydrogen-bond acceptors (Lipinski definition) is 3. The number of hydrogen-bond donors (Lipinski definition) is 1. The molecule has 0 radical (unpaired) electrons. The molecule has 0 atom stereocenters. The summed E-state index contributed by atoms with van der Waals surface area (Å²) in [5.41, 5.74) is 3.99. The first-order valence-corrected chi connectivity index (χ1v) is 7.27. The SMILES string of the molecule is CC(=O)N/N=C\c1cc(Cl)c(OCc2ccccc2)c(Cl)c1. The summed E-state index contributed by atoms with van der Waals surface area (Å²) in [6.45, 7) is 1.75. The molecule has 6 heteroatoms. The van der Waals surface area contributed by atoms with Crippen molar-refractivity contribution in [1.29, 1.82) is 0 Å². The van der Waals surface area contributed by atoms with Crippen molar-refractivity contribution in [2.24, 2.45) is 5.10 Å². The lowest BCUT2D eigenvalue weighted by Gasteiger charge is -2.10. The van der Waals surface area contributed by atoms with Crippen LogP contribution < -0.4 is 10.2 Å². The number of nitrogens with one attached hydrogen (secondary N) is 1. The maximum absolute atomic E-state index is 10.7. The van der Waals surface area contributed by atoms with Gasteiger partial charge in [-0.15, -0.1) is 0 Å². The Balaban J connectivity index is 2.09. The fraction of sp³-hybridized carbons (Fsp3) is 0.125. The van der Waals surface area contributed by atoms with Crippen LogP contribution in [0.5, 0.6) is 5.75 Å². The number of halogens is 2. The lowest BCUT2D eigenvalue weighted by molar-refractivity contribution is -0.118. The number of amides is 1. The van der Waals surface area contributed by atoms with Gasteiger partial charge < -0.3 is 4.74 Å². The molecular weight excluding hydrogens is 323 g/mol. The predicted octanol–water partition coefficient (Wildman–Crippen LogP) is 4.04. The maximum atomic E-state index is 10.7. The van der Waals surface area contributed by atoms with E-state index in [0.717, 1.165) is 5.56 Å². The smallest absolute Gasteiger partial charge is 0.236 e. The minimum Gasteiger partial charge on any atom is -0.486 e. The summed E-state index contributed by atoms with van der Waals surface area (Å²) in [6.07, 6.45) is 1.46. The molecular formula is C16H14Cl2N2O2. The zero-order valence-electron chi connectivity index (χ0n) is 11.8. The second-order valence-electron chi connectivity index (χ2n) is 4.51. The minimum absolute atomic E-state index is 0.253. The van der Waals surface area contributed by atoms with Gasteiger partial charge in [0.15, 0.2) is 5.75 Å². The van der Waals surface area contributed by atoms with E-state index < -0.39 is 0 Å². The van der Waals surface area contributed by atoms with Gasteiger partial charge >= 0.3 is 0 Å². The Morgan fingerprint density at radius 2 is 1.86 bits per heavy atom. The van der Waals surface area contributed by atoms with E-state index in [4.69, 9.17) is 27.9 Å². The quantitative estimate of drug-likeness (QED) is 0.661. The number of ether oxygens (including phenoxy) is 1. The molecule has 0 fully saturated rings. The minimum atomic E-state index is -0.253. The summed E-state index contributed by atoms with van der Waals surface area (Å²) in [7, 11) is 0. The summed E-state index contributed by atoms with van der Waals surface area (Å²) in [4.78, 5) is 10.7. The number of carbonyl (C=O) groups excluding carboxylic acids is 1. The third-order valence-electron chi connectivity index (χ3n) is 2.68. The van der Waals surface area contributed by atoms with E-state index in [-0.39, 0.29) is 5.91 Å². The average Bonchev–Trinajstić information content (AvgIpc) is 2.47. The molecule has 22 heavy (non-hydrogen) atoms. The van der Waals surface area contributed by atoms with Crippen LogP contribution in [0.15, 0.2) is 47.6 Å². The van der Waals surface area contributed by atoms with Gasteiger partial charge in [-0.2, -0.15) is 5.10 Å². The normalized spacial score (nSPS) is 10.7. The lowest BCUT2D eigenvalue weighted by Crippen LogP contribution is -2.12. The molecule has 0 aliphatic carbocycles. The zero-order chi connectivity index (χ0) is 15.9. The fourth-order valence-electron chi connectivity index (χ4n) is 1.72. The first-order chi connectivity index (χ1) is 10.6. The second kappa shape index (κ2) is 7.82. The number of benzene rings is 2. The van der Waals surface area contributed by atoms with E-state index in [2.05, 4.69) is 10.5 Å². The molecule has 1 amide bonds. The van der Waals surface area contributed by atoms with Crippen LogP contribution in [-0.4, -0.2) is 12.1 Å². The van der Waals surface area contributed by atoms with Crippen molar-refractivity contribution in [2.75, 3.05) is 0 Å². The second-order valence-corrected chi connectivity index (χ2v) is 5.33. The summed E-state index contributed by atoms with van der Waals surface area (Å²) in [6, 6.07) is 13.0. The molecule has 2 aromatic rings. The van der Waals surface area contributed by atoms with Gasteiger partial charge in [0.1, 0.15) is 6.61 Å². The fourth-order valence-corrected chi connectivity index (χ4v) is 2.33. The zero-order valence-corrected chi connectivity index (χ0v) is 13.4. The van der Waals surface area contributed by atoms with Crippen molar-refractivity contribution in [3.63, 3.8) is 0 Å². The highest BCUT2D eigenvalue weighted by molar-refractivity contribution is 6.37. The van der Waals surface area contributed by atoms with Crippen molar-refractivity contribution in [2.45, 2.75) is 13.5 Å². The van der Waals surface area contributed by atoms with Crippen molar-refractivity contribution in [3.8, 4) is 5.75 Å². The molecule has 0 saturated heterocycles. The van der Waals surface area contributed by atoms with Crippen molar-refractivity contribution in [3.05, 3.63) is 63.6 Å². The number of rotatable bonds is 5. The van der Waals surface area contributed by atoms with Gasteiger partial charge in [-0.3, -0.25) is 4.79 Å². The third kappa shape index (κ3) is 4.76. The molecule has 0 aliphatic heterocycles. The Labute approximate surface area is 138 Å². The molecule has 0 spiro atoms. The van der Waals surface area contributed by atoms with E-state index in [1.54, 1.807) is 12.1 Å². The lowest BCUT2D eigenvalue weighted by atomic mass is 10.2. The highest BCUT2D eigenvalue weighted by Gasteiger charge is 2.09. The first kappa shape index (κ1) is 16.3. The monoisotopic (exact) mass is 336 g/mol. The van der Waals surface area contributed by atoms with Gasteiger partial charge in [0.2, 0.25) is 5.91 Å². The molecule has 2 aromatic carbocycles. The molecule has 0 heterocycles. The van der Waals surface area contributed by atoms with Gasteiger partial charge in [0.05, 0.1) is 16.3 Å². The predicted molar refractivity (Wildman–Crippen MR) is 88.6 cm³/mol. The van der Waals surface area contributed by atoms with Crippen LogP contribution in [0.3, 0.4) is 0 Å². The van der Waals surface area contributed by atoms with Gasteiger partial charge in [0.25, 0.3) is 0 Å². The van der Waals surface area contributed by atoms with Crippen LogP contribution in [0.4, 0.5) is 0 Å². The average molecular weight is 337 g/mol. The molecule has 0 unspecified atom stereocenters. The van der Waals surface area contributed by atoms with Crippen LogP contribution in [0.25, 0.3) is 0 Å². The summed E-state index contributed by atoms with van der Waals surface area (Å²) in [5.74, 6) is 0.167. The molecule has 114 valence electrons. The molecule has 0 aliphatic rings. The Kier molecular flexibility index (Phi) is 5.81. The van der Waals surface area contributed by atoms with E-state index in [0.29, 0.717) is 28.0 Å². The first-order valence-electron chi connectivity index (χ1n) is 6.51. The van der Waals surface area contributed by atoms with Crippen molar-refractivity contribution < 1.29 is 9.53 Å². The van der Waals surface area contributed by atoms with E-state index in [9.17, 15) is 4.79 Å². The Hall–Kier alpha value is -2.04. The molecule has 2 rings (SSSR count). The molecule has 1 N–H and O–H groups in total. The Morgan fingerprint density at radius 1 is 1.23 bits per heavy atom. The molecule has 0 saturated carbocycles. The van der Waals surface area contributed by atoms with Gasteiger partial charge in [-0.1, -0.05) is 53.5 Å². The highest BCUT2D eigenvalue weighted by Crippen LogP contribution is 2.34. The Morgan fingerprint density at radius 3 is 2.45 bits per heavy atom. The highest BCUT2D eigenvalue weighted by atomic mass is 35.5. The molecule has 0 bridgehead atoms. The van der Waals surface area contributed by atoms with E-state index in [1.807, 2.05) is 30.3 Å². The van der Waals surface area contributed by atoms with Gasteiger partial charge in [0, 0.05) is 6.92 Å². The Bertz CT molecular complexity index is 665. The standard InChI is InChI=1S/C16H14Cl2N2O2/c1-11(21)20-19-9-13-7-14(17)16(15(18)8-13)22-10-12-5-3-2-4-6-12/h2-9H,10H2,1H3,(H,20,21)/b19-9-.